The number of methoxy groups -OCH3 is 2. The van der Waals surface area contributed by atoms with Crippen LogP contribution in [0.5, 0.6) is 11.5 Å². The highest BCUT2D eigenvalue weighted by atomic mass is 35.5. The second-order valence-electron chi connectivity index (χ2n) is 10.4. The molecular weight excluding hydrogens is 616 g/mol. The van der Waals surface area contributed by atoms with Crippen molar-refractivity contribution in [3.8, 4) is 11.5 Å². The predicted molar refractivity (Wildman–Crippen MR) is 173 cm³/mol. The summed E-state index contributed by atoms with van der Waals surface area (Å²) < 4.78 is 42.3. The Morgan fingerprint density at radius 3 is 2.07 bits per heavy atom. The van der Waals surface area contributed by atoms with Gasteiger partial charge in [0.15, 0.2) is 0 Å². The Kier molecular flexibility index (Phi) is 9.74. The van der Waals surface area contributed by atoms with Crippen LogP contribution in [0.3, 0.4) is 0 Å². The monoisotopic (exact) mass is 648 g/mol. The SMILES string of the molecule is COc1ccc(CN(Cc2ccc(OC)cc2)S(=O)(=O)c2cc(NC(=O)Cc3ccccc3Cl)cc3cn(C(C)O)nc23)cc1. The van der Waals surface area contributed by atoms with Crippen LogP contribution in [-0.2, 0) is 34.3 Å². The molecule has 0 spiro atoms. The van der Waals surface area contributed by atoms with Crippen molar-refractivity contribution in [3.05, 3.63) is 113 Å². The van der Waals surface area contributed by atoms with Gasteiger partial charge in [-0.25, -0.2) is 13.1 Å². The van der Waals surface area contributed by atoms with E-state index in [9.17, 15) is 18.3 Å². The van der Waals surface area contributed by atoms with Gasteiger partial charge >= 0.3 is 0 Å². The summed E-state index contributed by atoms with van der Waals surface area (Å²) in [4.78, 5) is 12.9. The molecule has 234 valence electrons. The average Bonchev–Trinajstić information content (AvgIpc) is 3.47. The van der Waals surface area contributed by atoms with E-state index in [0.717, 1.165) is 11.1 Å². The molecule has 2 N–H and O–H groups in total. The number of fused-ring (bicyclic) bond motifs is 1. The average molecular weight is 649 g/mol. The third kappa shape index (κ3) is 7.46. The molecule has 0 radical (unpaired) electrons. The van der Waals surface area contributed by atoms with E-state index in [1.54, 1.807) is 99.3 Å². The molecule has 5 aromatic rings. The summed E-state index contributed by atoms with van der Waals surface area (Å²) in [6.07, 6.45) is 0.522. The summed E-state index contributed by atoms with van der Waals surface area (Å²) in [6, 6.07) is 24.3. The topological polar surface area (TPSA) is 123 Å². The zero-order valence-corrected chi connectivity index (χ0v) is 26.5. The largest absolute Gasteiger partial charge is 0.497 e. The smallest absolute Gasteiger partial charge is 0.246 e. The minimum Gasteiger partial charge on any atom is -0.497 e. The number of anilines is 1. The number of aromatic nitrogens is 2. The third-order valence-corrected chi connectivity index (χ3v) is 9.39. The van der Waals surface area contributed by atoms with Crippen LogP contribution in [0.1, 0.15) is 29.8 Å². The molecule has 10 nitrogen and oxygen atoms in total. The number of aliphatic hydroxyl groups is 1. The number of halogens is 1. The van der Waals surface area contributed by atoms with Gasteiger partial charge in [0.25, 0.3) is 0 Å². The van der Waals surface area contributed by atoms with Crippen molar-refractivity contribution in [2.45, 2.75) is 37.6 Å². The molecular formula is C33H33ClN4O6S. The number of rotatable bonds is 12. The maximum absolute atomic E-state index is 14.6. The first-order chi connectivity index (χ1) is 21.6. The highest BCUT2D eigenvalue weighted by molar-refractivity contribution is 7.89. The lowest BCUT2D eigenvalue weighted by atomic mass is 10.1. The van der Waals surface area contributed by atoms with Crippen LogP contribution in [0.4, 0.5) is 5.69 Å². The van der Waals surface area contributed by atoms with Crippen molar-refractivity contribution < 1.29 is 27.8 Å². The normalized spacial score (nSPS) is 12.3. The van der Waals surface area contributed by atoms with E-state index in [-0.39, 0.29) is 41.5 Å². The van der Waals surface area contributed by atoms with E-state index in [2.05, 4.69) is 10.4 Å². The number of nitrogens with one attached hydrogen (secondary N) is 1. The third-order valence-electron chi connectivity index (χ3n) is 7.22. The summed E-state index contributed by atoms with van der Waals surface area (Å²) in [5, 5.41) is 18.4. The Morgan fingerprint density at radius 1 is 0.956 bits per heavy atom. The van der Waals surface area contributed by atoms with Gasteiger partial charge < -0.3 is 19.9 Å². The molecule has 0 aliphatic heterocycles. The fourth-order valence-corrected chi connectivity index (χ4v) is 6.63. The number of carbonyl (C=O) groups excluding carboxylic acids is 1. The van der Waals surface area contributed by atoms with E-state index < -0.39 is 16.3 Å². The van der Waals surface area contributed by atoms with Crippen LogP contribution in [0.15, 0.2) is 96.0 Å². The molecule has 0 bridgehead atoms. The van der Waals surface area contributed by atoms with Crippen LogP contribution >= 0.6 is 11.6 Å². The standard InChI is InChI=1S/C33H33ClN4O6S/c1-22(39)38-21-26-16-27(35-32(40)17-25-6-4-5-7-30(25)34)18-31(33(26)36-38)45(41,42)37(19-23-8-12-28(43-2)13-9-23)20-24-10-14-29(44-3)15-11-24/h4-16,18,21-22,39H,17,19-20H2,1-3H3,(H,35,40). The van der Waals surface area contributed by atoms with Crippen molar-refractivity contribution in [3.63, 3.8) is 0 Å². The molecule has 0 fully saturated rings. The van der Waals surface area contributed by atoms with E-state index in [1.807, 2.05) is 0 Å². The van der Waals surface area contributed by atoms with Crippen LogP contribution in [0.2, 0.25) is 5.02 Å². The minimum atomic E-state index is -4.25. The van der Waals surface area contributed by atoms with E-state index >= 15 is 0 Å². The van der Waals surface area contributed by atoms with Gasteiger partial charge in [-0.15, -0.1) is 0 Å². The van der Waals surface area contributed by atoms with Gasteiger partial charge in [-0.05, 0) is 66.1 Å². The van der Waals surface area contributed by atoms with Gasteiger partial charge in [0.1, 0.15) is 28.1 Å². The quantitative estimate of drug-likeness (QED) is 0.176. The van der Waals surface area contributed by atoms with Crippen molar-refractivity contribution in [2.75, 3.05) is 19.5 Å². The first-order valence-electron chi connectivity index (χ1n) is 14.1. The van der Waals surface area contributed by atoms with Crippen molar-refractivity contribution in [1.29, 1.82) is 0 Å². The first kappa shape index (κ1) is 32.0. The van der Waals surface area contributed by atoms with Gasteiger partial charge in [-0.3, -0.25) is 4.79 Å². The summed E-state index contributed by atoms with van der Waals surface area (Å²) in [6.45, 7) is 1.60. The fourth-order valence-electron chi connectivity index (χ4n) is 4.84. The fraction of sp³-hybridized carbons (Fsp3) is 0.212. The van der Waals surface area contributed by atoms with Crippen LogP contribution in [0, 0.1) is 0 Å². The summed E-state index contributed by atoms with van der Waals surface area (Å²) in [7, 11) is -1.13. The lowest BCUT2D eigenvalue weighted by Gasteiger charge is -2.23. The summed E-state index contributed by atoms with van der Waals surface area (Å²) >= 11 is 6.26. The molecule has 1 amide bonds. The minimum absolute atomic E-state index is 0.00616. The van der Waals surface area contributed by atoms with Gasteiger partial charge in [0, 0.05) is 35.4 Å². The Balaban J connectivity index is 1.57. The molecule has 5 rings (SSSR count). The maximum atomic E-state index is 14.6. The molecule has 0 saturated heterocycles. The van der Waals surface area contributed by atoms with Crippen LogP contribution in [-0.4, -0.2) is 47.7 Å². The number of amides is 1. The highest BCUT2D eigenvalue weighted by Crippen LogP contribution is 2.32. The zero-order chi connectivity index (χ0) is 32.1. The Morgan fingerprint density at radius 2 is 1.53 bits per heavy atom. The molecule has 1 atom stereocenters. The lowest BCUT2D eigenvalue weighted by molar-refractivity contribution is -0.115. The molecule has 1 aromatic heterocycles. The number of aliphatic hydroxyl groups excluding tert-OH is 1. The Hall–Kier alpha value is -4.42. The van der Waals surface area contributed by atoms with E-state index in [1.165, 1.54) is 22.0 Å². The molecule has 4 aromatic carbocycles. The molecule has 45 heavy (non-hydrogen) atoms. The summed E-state index contributed by atoms with van der Waals surface area (Å²) in [5.74, 6) is 0.921. The summed E-state index contributed by atoms with van der Waals surface area (Å²) in [5.41, 5.74) is 2.54. The van der Waals surface area contributed by atoms with Gasteiger partial charge in [-0.1, -0.05) is 54.1 Å². The van der Waals surface area contributed by atoms with Crippen molar-refractivity contribution >= 4 is 44.1 Å². The molecule has 0 aliphatic rings. The number of sulfonamides is 1. The van der Waals surface area contributed by atoms with Crippen LogP contribution in [0.25, 0.3) is 10.9 Å². The number of hydrogen-bond donors (Lipinski definition) is 2. The number of carbonyl (C=O) groups is 1. The second-order valence-corrected chi connectivity index (χ2v) is 12.8. The van der Waals surface area contributed by atoms with Gasteiger partial charge in [0.2, 0.25) is 15.9 Å². The van der Waals surface area contributed by atoms with Gasteiger partial charge in [-0.2, -0.15) is 9.40 Å². The number of ether oxygens (including phenoxy) is 2. The number of hydrogen-bond acceptors (Lipinski definition) is 7. The van der Waals surface area contributed by atoms with Gasteiger partial charge in [0.05, 0.1) is 20.6 Å². The predicted octanol–water partition coefficient (Wildman–Crippen LogP) is 5.79. The molecule has 0 aliphatic carbocycles. The first-order valence-corrected chi connectivity index (χ1v) is 15.9. The second kappa shape index (κ2) is 13.7. The van der Waals surface area contributed by atoms with E-state index in [0.29, 0.717) is 27.5 Å². The number of nitrogens with zero attached hydrogens (tertiary/aromatic N) is 3. The van der Waals surface area contributed by atoms with Crippen molar-refractivity contribution in [1.82, 2.24) is 14.1 Å². The van der Waals surface area contributed by atoms with E-state index in [4.69, 9.17) is 21.1 Å². The Bertz CT molecular complexity index is 1860. The lowest BCUT2D eigenvalue weighted by Crippen LogP contribution is -2.30. The van der Waals surface area contributed by atoms with Crippen molar-refractivity contribution in [2.24, 2.45) is 0 Å². The molecule has 1 unspecified atom stereocenters. The zero-order valence-electron chi connectivity index (χ0n) is 25.0. The highest BCUT2D eigenvalue weighted by Gasteiger charge is 2.30. The molecule has 1 heterocycles. The maximum Gasteiger partial charge on any atom is 0.246 e. The Labute approximate surface area is 266 Å². The number of benzene rings is 4. The van der Waals surface area contributed by atoms with Crippen LogP contribution < -0.4 is 14.8 Å². The molecule has 12 heteroatoms. The molecule has 0 saturated carbocycles.